The van der Waals surface area contributed by atoms with Gasteiger partial charge in [-0.15, -0.1) is 0 Å². The van der Waals surface area contributed by atoms with E-state index in [1.165, 1.54) is 11.8 Å². The number of benzene rings is 1. The van der Waals surface area contributed by atoms with E-state index in [1.54, 1.807) is 24.3 Å². The summed E-state index contributed by atoms with van der Waals surface area (Å²) in [6, 6.07) is 6.84. The molecule has 0 aromatic heterocycles. The summed E-state index contributed by atoms with van der Waals surface area (Å²) in [5.41, 5.74) is 6.64. The molecule has 0 aliphatic heterocycles. The van der Waals surface area contributed by atoms with Crippen LogP contribution in [0, 0.1) is 5.41 Å². The number of amidine groups is 1. The molecule has 0 atom stereocenters. The average Bonchev–Trinajstić information content (AvgIpc) is 2.15. The molecular formula is C8H11BN2O2S. The SMILES string of the molecule is N=C(N)SCc1ccc(B(O)O)cc1. The standard InChI is InChI=1S/C8H11BN2O2S/c10-8(11)14-5-6-1-3-7(4-2-6)9(12)13/h1-4,12-13H,5H2,(H3,10,11). The Morgan fingerprint density at radius 3 is 2.36 bits per heavy atom. The summed E-state index contributed by atoms with van der Waals surface area (Å²) in [5.74, 6) is 0.622. The van der Waals surface area contributed by atoms with Crippen molar-refractivity contribution >= 4 is 29.5 Å². The summed E-state index contributed by atoms with van der Waals surface area (Å²) in [6.45, 7) is 0. The Bertz CT molecular complexity index is 316. The molecule has 5 N–H and O–H groups in total. The van der Waals surface area contributed by atoms with Crippen molar-refractivity contribution in [2.45, 2.75) is 5.75 Å². The lowest BCUT2D eigenvalue weighted by atomic mass is 9.80. The van der Waals surface area contributed by atoms with Crippen molar-refractivity contribution in [3.8, 4) is 0 Å². The van der Waals surface area contributed by atoms with Gasteiger partial charge in [0, 0.05) is 5.75 Å². The first-order chi connectivity index (χ1) is 6.59. The minimum atomic E-state index is -1.43. The number of nitrogens with one attached hydrogen (secondary N) is 1. The maximum Gasteiger partial charge on any atom is 0.488 e. The van der Waals surface area contributed by atoms with E-state index >= 15 is 0 Å². The van der Waals surface area contributed by atoms with Gasteiger partial charge in [0.05, 0.1) is 0 Å². The summed E-state index contributed by atoms with van der Waals surface area (Å²) in [4.78, 5) is 0. The van der Waals surface area contributed by atoms with E-state index < -0.39 is 7.12 Å². The van der Waals surface area contributed by atoms with Crippen LogP contribution in [0.4, 0.5) is 0 Å². The second-order valence-electron chi connectivity index (χ2n) is 2.77. The van der Waals surface area contributed by atoms with Gasteiger partial charge < -0.3 is 15.8 Å². The van der Waals surface area contributed by atoms with Crippen LogP contribution in [-0.2, 0) is 5.75 Å². The molecule has 0 aliphatic carbocycles. The molecule has 74 valence electrons. The first-order valence-corrected chi connectivity index (χ1v) is 5.00. The fourth-order valence-electron chi connectivity index (χ4n) is 0.947. The fourth-order valence-corrected chi connectivity index (χ4v) is 1.46. The summed E-state index contributed by atoms with van der Waals surface area (Å²) in [5, 5.41) is 24.8. The largest absolute Gasteiger partial charge is 0.488 e. The molecule has 0 saturated carbocycles. The van der Waals surface area contributed by atoms with Crippen LogP contribution in [0.15, 0.2) is 24.3 Å². The van der Waals surface area contributed by atoms with E-state index in [4.69, 9.17) is 21.2 Å². The van der Waals surface area contributed by atoms with Crippen molar-refractivity contribution in [1.29, 1.82) is 5.41 Å². The van der Waals surface area contributed by atoms with Crippen molar-refractivity contribution < 1.29 is 10.0 Å². The molecule has 6 heteroatoms. The molecule has 14 heavy (non-hydrogen) atoms. The first-order valence-electron chi connectivity index (χ1n) is 4.01. The second-order valence-corrected chi connectivity index (χ2v) is 3.79. The van der Waals surface area contributed by atoms with Crippen LogP contribution in [-0.4, -0.2) is 22.3 Å². The van der Waals surface area contributed by atoms with Crippen LogP contribution >= 0.6 is 11.8 Å². The van der Waals surface area contributed by atoms with Crippen molar-refractivity contribution in [3.63, 3.8) is 0 Å². The number of thioether (sulfide) groups is 1. The van der Waals surface area contributed by atoms with Crippen LogP contribution in [0.2, 0.25) is 0 Å². The fraction of sp³-hybridized carbons (Fsp3) is 0.125. The van der Waals surface area contributed by atoms with Gasteiger partial charge in [-0.3, -0.25) is 5.41 Å². The molecule has 0 saturated heterocycles. The van der Waals surface area contributed by atoms with Gasteiger partial charge in [-0.1, -0.05) is 36.0 Å². The molecule has 0 aliphatic rings. The Balaban J connectivity index is 2.59. The first kappa shape index (κ1) is 11.1. The van der Waals surface area contributed by atoms with E-state index in [2.05, 4.69) is 0 Å². The number of hydrogen-bond donors (Lipinski definition) is 4. The van der Waals surface area contributed by atoms with Crippen LogP contribution < -0.4 is 11.2 Å². The third-order valence-corrected chi connectivity index (χ3v) is 2.46. The predicted molar refractivity (Wildman–Crippen MR) is 59.5 cm³/mol. The van der Waals surface area contributed by atoms with E-state index in [1.807, 2.05) is 0 Å². The molecule has 1 aromatic carbocycles. The topological polar surface area (TPSA) is 90.3 Å². The lowest BCUT2D eigenvalue weighted by Crippen LogP contribution is -2.29. The Labute approximate surface area is 86.8 Å². The van der Waals surface area contributed by atoms with Crippen molar-refractivity contribution in [3.05, 3.63) is 29.8 Å². The summed E-state index contributed by atoms with van der Waals surface area (Å²) >= 11 is 1.23. The van der Waals surface area contributed by atoms with E-state index in [0.717, 1.165) is 5.56 Å². The van der Waals surface area contributed by atoms with Gasteiger partial charge in [0.2, 0.25) is 0 Å². The average molecular weight is 210 g/mol. The minimum Gasteiger partial charge on any atom is -0.423 e. The molecule has 0 unspecified atom stereocenters. The maximum absolute atomic E-state index is 8.83. The summed E-state index contributed by atoms with van der Waals surface area (Å²) < 4.78 is 0. The van der Waals surface area contributed by atoms with Gasteiger partial charge >= 0.3 is 7.12 Å². The van der Waals surface area contributed by atoms with Crippen molar-refractivity contribution in [1.82, 2.24) is 0 Å². The normalized spacial score (nSPS) is 9.86. The monoisotopic (exact) mass is 210 g/mol. The third-order valence-electron chi connectivity index (χ3n) is 1.67. The highest BCUT2D eigenvalue weighted by molar-refractivity contribution is 8.13. The third kappa shape index (κ3) is 3.41. The van der Waals surface area contributed by atoms with Gasteiger partial charge in [-0.2, -0.15) is 0 Å². The Morgan fingerprint density at radius 1 is 1.36 bits per heavy atom. The quantitative estimate of drug-likeness (QED) is 0.307. The van der Waals surface area contributed by atoms with Gasteiger partial charge in [-0.05, 0) is 11.0 Å². The molecule has 0 bridgehead atoms. The lowest BCUT2D eigenvalue weighted by molar-refractivity contribution is 0.426. The molecule has 0 radical (unpaired) electrons. The molecule has 1 aromatic rings. The Morgan fingerprint density at radius 2 is 1.93 bits per heavy atom. The summed E-state index contributed by atoms with van der Waals surface area (Å²) in [6.07, 6.45) is 0. The summed E-state index contributed by atoms with van der Waals surface area (Å²) in [7, 11) is -1.43. The van der Waals surface area contributed by atoms with E-state index in [9.17, 15) is 0 Å². The van der Waals surface area contributed by atoms with Crippen LogP contribution in [0.25, 0.3) is 0 Å². The zero-order valence-electron chi connectivity index (χ0n) is 7.47. The van der Waals surface area contributed by atoms with Gasteiger partial charge in [0.1, 0.15) is 0 Å². The number of rotatable bonds is 3. The smallest absolute Gasteiger partial charge is 0.423 e. The van der Waals surface area contributed by atoms with Crippen LogP contribution in [0.3, 0.4) is 0 Å². The minimum absolute atomic E-state index is 0.0799. The second kappa shape index (κ2) is 5.04. The highest BCUT2D eigenvalue weighted by Crippen LogP contribution is 2.09. The predicted octanol–water partition coefficient (Wildman–Crippen LogP) is -0.507. The zero-order chi connectivity index (χ0) is 10.6. The number of nitrogens with two attached hydrogens (primary N) is 1. The van der Waals surface area contributed by atoms with Crippen LogP contribution in [0.5, 0.6) is 0 Å². The molecule has 0 amide bonds. The van der Waals surface area contributed by atoms with Crippen molar-refractivity contribution in [2.24, 2.45) is 5.73 Å². The molecular weight excluding hydrogens is 199 g/mol. The maximum atomic E-state index is 8.83. The molecule has 1 rings (SSSR count). The van der Waals surface area contributed by atoms with Gasteiger partial charge in [0.15, 0.2) is 5.17 Å². The zero-order valence-corrected chi connectivity index (χ0v) is 8.29. The van der Waals surface area contributed by atoms with Gasteiger partial charge in [0.25, 0.3) is 0 Å². The van der Waals surface area contributed by atoms with Crippen molar-refractivity contribution in [2.75, 3.05) is 0 Å². The van der Waals surface area contributed by atoms with E-state index in [0.29, 0.717) is 11.2 Å². The highest BCUT2D eigenvalue weighted by atomic mass is 32.2. The molecule has 0 spiro atoms. The lowest BCUT2D eigenvalue weighted by Gasteiger charge is -2.02. The van der Waals surface area contributed by atoms with Gasteiger partial charge in [-0.25, -0.2) is 0 Å². The van der Waals surface area contributed by atoms with E-state index in [-0.39, 0.29) is 5.17 Å². The van der Waals surface area contributed by atoms with Crippen LogP contribution in [0.1, 0.15) is 5.56 Å². The molecule has 0 fully saturated rings. The molecule has 0 heterocycles. The Kier molecular flexibility index (Phi) is 4.00. The highest BCUT2D eigenvalue weighted by Gasteiger charge is 2.09. The molecule has 4 nitrogen and oxygen atoms in total. The Hall–Kier alpha value is -0.975. The number of hydrogen-bond acceptors (Lipinski definition) is 4.